The van der Waals surface area contributed by atoms with E-state index in [1.807, 2.05) is 35.8 Å². The van der Waals surface area contributed by atoms with E-state index in [2.05, 4.69) is 27.4 Å². The zero-order valence-electron chi connectivity index (χ0n) is 16.3. The summed E-state index contributed by atoms with van der Waals surface area (Å²) in [4.78, 5) is 17.3. The molecule has 2 aromatic heterocycles. The highest BCUT2D eigenvalue weighted by atomic mass is 32.1. The molecule has 3 aromatic rings. The monoisotopic (exact) mass is 402 g/mol. The molecule has 150 valence electrons. The molecule has 0 aliphatic rings. The minimum Gasteiger partial charge on any atom is -0.382 e. The van der Waals surface area contributed by atoms with Crippen molar-refractivity contribution < 1.29 is 9.53 Å². The molecule has 0 atom stereocenters. The van der Waals surface area contributed by atoms with Crippen molar-refractivity contribution in [3.63, 3.8) is 0 Å². The van der Waals surface area contributed by atoms with E-state index in [0.29, 0.717) is 30.5 Å². The summed E-state index contributed by atoms with van der Waals surface area (Å²) in [5.41, 5.74) is 1.83. The van der Waals surface area contributed by atoms with Crippen molar-refractivity contribution in [2.75, 3.05) is 18.5 Å². The fraction of sp³-hybridized carbons (Fsp3) is 0.474. The second-order valence-corrected chi connectivity index (χ2v) is 6.84. The van der Waals surface area contributed by atoms with Gasteiger partial charge >= 0.3 is 0 Å². The van der Waals surface area contributed by atoms with Crippen molar-refractivity contribution in [2.24, 2.45) is 0 Å². The number of carbonyl (C=O) groups is 1. The van der Waals surface area contributed by atoms with Crippen LogP contribution >= 0.6 is 12.2 Å². The summed E-state index contributed by atoms with van der Waals surface area (Å²) >= 11 is 5.26. The summed E-state index contributed by atoms with van der Waals surface area (Å²) < 4.78 is 9.64. The summed E-state index contributed by atoms with van der Waals surface area (Å²) in [7, 11) is 0. The third kappa shape index (κ3) is 4.66. The minimum absolute atomic E-state index is 0.104. The van der Waals surface area contributed by atoms with E-state index in [-0.39, 0.29) is 12.5 Å². The first-order chi connectivity index (χ1) is 13.6. The minimum atomic E-state index is -0.184. The van der Waals surface area contributed by atoms with Crippen molar-refractivity contribution in [3.05, 3.63) is 34.9 Å². The maximum absolute atomic E-state index is 12.7. The Kier molecular flexibility index (Phi) is 6.94. The molecule has 8 nitrogen and oxygen atoms in total. The van der Waals surface area contributed by atoms with Crippen LogP contribution < -0.4 is 5.32 Å². The number of benzene rings is 1. The van der Waals surface area contributed by atoms with Crippen LogP contribution in [0.1, 0.15) is 32.5 Å². The summed E-state index contributed by atoms with van der Waals surface area (Å²) in [6.07, 6.45) is 2.53. The molecule has 0 unspecified atom stereocenters. The number of nitrogens with zero attached hydrogens (tertiary/aromatic N) is 4. The molecular formula is C19H26N6O2S. The molecule has 3 rings (SSSR count). The van der Waals surface area contributed by atoms with Crippen LogP contribution in [-0.2, 0) is 29.0 Å². The number of H-pyrrole nitrogens is 1. The lowest BCUT2D eigenvalue weighted by Gasteiger charge is -2.11. The lowest BCUT2D eigenvalue weighted by atomic mass is 10.3. The van der Waals surface area contributed by atoms with Gasteiger partial charge in [0, 0.05) is 26.2 Å². The van der Waals surface area contributed by atoms with Gasteiger partial charge in [-0.25, -0.2) is 4.98 Å². The zero-order valence-corrected chi connectivity index (χ0v) is 17.1. The van der Waals surface area contributed by atoms with E-state index in [1.165, 1.54) is 0 Å². The smallest absolute Gasteiger partial charge is 0.246 e. The molecule has 9 heteroatoms. The molecule has 2 heterocycles. The number of aryl methyl sites for hydroxylation is 2. The molecule has 0 saturated heterocycles. The van der Waals surface area contributed by atoms with Gasteiger partial charge < -0.3 is 9.30 Å². The standard InChI is InChI=1S/C19H26N6O2S/c1-3-8-16-22-23-19(28)25(16)13-17(26)21-18-20-14-9-5-6-10-15(14)24(18)11-7-12-27-4-2/h5-6,9-10H,3-4,7-8,11-13H2,1-2H3,(H,23,28)(H,20,21,26). The Balaban J connectivity index is 1.78. The quantitative estimate of drug-likeness (QED) is 0.401. The predicted molar refractivity (Wildman–Crippen MR) is 111 cm³/mol. The molecule has 0 fully saturated rings. The zero-order chi connectivity index (χ0) is 19.9. The number of hydrogen-bond donors (Lipinski definition) is 2. The second-order valence-electron chi connectivity index (χ2n) is 6.46. The Labute approximate surface area is 168 Å². The number of carbonyl (C=O) groups excluding carboxylic acids is 1. The van der Waals surface area contributed by atoms with E-state index in [0.717, 1.165) is 36.1 Å². The number of aromatic amines is 1. The van der Waals surface area contributed by atoms with Gasteiger partial charge in [-0.3, -0.25) is 19.8 Å². The number of aromatic nitrogens is 5. The van der Waals surface area contributed by atoms with Gasteiger partial charge in [0.1, 0.15) is 12.4 Å². The normalized spacial score (nSPS) is 11.2. The Bertz CT molecular complexity index is 990. The molecule has 1 aromatic carbocycles. The first-order valence-corrected chi connectivity index (χ1v) is 10.0. The fourth-order valence-electron chi connectivity index (χ4n) is 3.10. The molecule has 0 aliphatic heterocycles. The van der Waals surface area contributed by atoms with Crippen LogP contribution in [0.15, 0.2) is 24.3 Å². The maximum Gasteiger partial charge on any atom is 0.246 e. The average molecular weight is 403 g/mol. The van der Waals surface area contributed by atoms with Gasteiger partial charge in [0.05, 0.1) is 11.0 Å². The summed E-state index contributed by atoms with van der Waals surface area (Å²) in [6, 6.07) is 7.85. The summed E-state index contributed by atoms with van der Waals surface area (Å²) in [6.45, 7) is 6.22. The third-order valence-electron chi connectivity index (χ3n) is 4.39. The Hall–Kier alpha value is -2.52. The maximum atomic E-state index is 12.7. The number of fused-ring (bicyclic) bond motifs is 1. The molecule has 0 bridgehead atoms. The highest BCUT2D eigenvalue weighted by Crippen LogP contribution is 2.20. The van der Waals surface area contributed by atoms with Crippen LogP contribution in [-0.4, -0.2) is 43.4 Å². The van der Waals surface area contributed by atoms with Gasteiger partial charge in [-0.15, -0.1) is 0 Å². The Morgan fingerprint density at radius 3 is 2.89 bits per heavy atom. The van der Waals surface area contributed by atoms with Crippen molar-refractivity contribution >= 4 is 35.1 Å². The van der Waals surface area contributed by atoms with Crippen LogP contribution in [0.5, 0.6) is 0 Å². The summed E-state index contributed by atoms with van der Waals surface area (Å²) in [5.74, 6) is 1.14. The van der Waals surface area contributed by atoms with Crippen LogP contribution in [0.4, 0.5) is 5.95 Å². The Morgan fingerprint density at radius 1 is 1.29 bits per heavy atom. The number of para-hydroxylation sites is 2. The highest BCUT2D eigenvalue weighted by Gasteiger charge is 2.15. The van der Waals surface area contributed by atoms with E-state index in [1.54, 1.807) is 4.57 Å². The van der Waals surface area contributed by atoms with E-state index >= 15 is 0 Å². The molecule has 0 spiro atoms. The second kappa shape index (κ2) is 9.61. The van der Waals surface area contributed by atoms with E-state index in [4.69, 9.17) is 17.0 Å². The predicted octanol–water partition coefficient (Wildman–Crippen LogP) is 3.31. The van der Waals surface area contributed by atoms with Gasteiger partial charge in [0.2, 0.25) is 11.9 Å². The number of imidazole rings is 1. The molecule has 0 saturated carbocycles. The van der Waals surface area contributed by atoms with Crippen LogP contribution in [0.3, 0.4) is 0 Å². The van der Waals surface area contributed by atoms with Crippen LogP contribution in [0.2, 0.25) is 0 Å². The van der Waals surface area contributed by atoms with Gasteiger partial charge in [-0.05, 0) is 44.1 Å². The number of anilines is 1. The highest BCUT2D eigenvalue weighted by molar-refractivity contribution is 7.71. The van der Waals surface area contributed by atoms with Crippen LogP contribution in [0.25, 0.3) is 11.0 Å². The molecular weight excluding hydrogens is 376 g/mol. The van der Waals surface area contributed by atoms with Gasteiger partial charge in [-0.1, -0.05) is 19.1 Å². The van der Waals surface area contributed by atoms with Crippen molar-refractivity contribution in [2.45, 2.75) is 46.2 Å². The van der Waals surface area contributed by atoms with Gasteiger partial charge in [0.25, 0.3) is 0 Å². The first kappa shape index (κ1) is 20.2. The lowest BCUT2D eigenvalue weighted by molar-refractivity contribution is -0.116. The largest absolute Gasteiger partial charge is 0.382 e. The fourth-order valence-corrected chi connectivity index (χ4v) is 3.32. The number of nitrogens with one attached hydrogen (secondary N) is 2. The van der Waals surface area contributed by atoms with Gasteiger partial charge in [-0.2, -0.15) is 5.10 Å². The molecule has 28 heavy (non-hydrogen) atoms. The van der Waals surface area contributed by atoms with Crippen molar-refractivity contribution in [3.8, 4) is 0 Å². The average Bonchev–Trinajstić information content (AvgIpc) is 3.20. The molecule has 1 amide bonds. The third-order valence-corrected chi connectivity index (χ3v) is 4.70. The Morgan fingerprint density at radius 2 is 2.11 bits per heavy atom. The van der Waals surface area contributed by atoms with Crippen molar-refractivity contribution in [1.82, 2.24) is 24.3 Å². The molecule has 2 N–H and O–H groups in total. The van der Waals surface area contributed by atoms with E-state index < -0.39 is 0 Å². The first-order valence-electron chi connectivity index (χ1n) is 9.61. The van der Waals surface area contributed by atoms with Crippen LogP contribution in [0, 0.1) is 4.77 Å². The number of amides is 1. The van der Waals surface area contributed by atoms with Crippen molar-refractivity contribution in [1.29, 1.82) is 0 Å². The number of hydrogen-bond acceptors (Lipinski definition) is 5. The summed E-state index contributed by atoms with van der Waals surface area (Å²) in [5, 5.41) is 9.91. The number of ether oxygens (including phenoxy) is 1. The topological polar surface area (TPSA) is 89.8 Å². The molecule has 0 aliphatic carbocycles. The SMILES string of the molecule is CCCc1n[nH]c(=S)n1CC(=O)Nc1nc2ccccc2n1CCCOCC. The number of rotatable bonds is 10. The molecule has 0 radical (unpaired) electrons. The van der Waals surface area contributed by atoms with E-state index in [9.17, 15) is 4.79 Å². The lowest BCUT2D eigenvalue weighted by Crippen LogP contribution is -2.22. The van der Waals surface area contributed by atoms with Gasteiger partial charge in [0.15, 0.2) is 4.77 Å².